The second kappa shape index (κ2) is 41.9. The van der Waals surface area contributed by atoms with Gasteiger partial charge < -0.3 is 20.1 Å². The predicted molar refractivity (Wildman–Crippen MR) is 224 cm³/mol. The molecule has 2 atom stereocenters. The molecule has 0 aliphatic heterocycles. The Balaban J connectivity index is 4.04. The van der Waals surface area contributed by atoms with Crippen molar-refractivity contribution in [3.05, 3.63) is 36.5 Å². The molecule has 0 amide bonds. The fourth-order valence-electron chi connectivity index (χ4n) is 6.02. The van der Waals surface area contributed by atoms with Gasteiger partial charge in [0.05, 0.1) is 19.8 Å². The van der Waals surface area contributed by atoms with Gasteiger partial charge in [-0.2, -0.15) is 0 Å². The van der Waals surface area contributed by atoms with Gasteiger partial charge in [-0.3, -0.25) is 13.8 Å². The van der Waals surface area contributed by atoms with E-state index in [9.17, 15) is 14.3 Å². The van der Waals surface area contributed by atoms with Crippen LogP contribution in [0.2, 0.25) is 0 Å². The molecule has 0 aromatic heterocycles. The highest BCUT2D eigenvalue weighted by Gasteiger charge is 2.25. The molecule has 0 heterocycles. The van der Waals surface area contributed by atoms with Crippen molar-refractivity contribution in [2.75, 3.05) is 33.0 Å². The van der Waals surface area contributed by atoms with Gasteiger partial charge in [0.25, 0.3) is 0 Å². The van der Waals surface area contributed by atoms with Crippen LogP contribution in [-0.4, -0.2) is 49.9 Å². The van der Waals surface area contributed by atoms with Gasteiger partial charge >= 0.3 is 13.8 Å². The van der Waals surface area contributed by atoms with Crippen LogP contribution in [0.3, 0.4) is 0 Å². The number of esters is 1. The van der Waals surface area contributed by atoms with Crippen LogP contribution in [-0.2, 0) is 27.9 Å². The molecule has 0 spiro atoms. The molecular formula is C44H84NO7P. The third kappa shape index (κ3) is 41.7. The highest BCUT2D eigenvalue weighted by molar-refractivity contribution is 7.47. The molecule has 8 nitrogen and oxygen atoms in total. The Hall–Kier alpha value is -1.28. The monoisotopic (exact) mass is 770 g/mol. The largest absolute Gasteiger partial charge is 0.472 e. The summed E-state index contributed by atoms with van der Waals surface area (Å²) in [5.74, 6) is -0.344. The average molecular weight is 770 g/mol. The number of hydrogen-bond donors (Lipinski definition) is 2. The SMILES string of the molecule is CCCCCC/C=C\C/C=C\CCCCCCCC(=O)OC(COCCCCCCCCCC/C=C\CCCCCCCC)COP(=O)(O)OCCN. The van der Waals surface area contributed by atoms with E-state index in [1.165, 1.54) is 122 Å². The van der Waals surface area contributed by atoms with Crippen LogP contribution in [0.15, 0.2) is 36.5 Å². The van der Waals surface area contributed by atoms with E-state index < -0.39 is 13.9 Å². The molecule has 0 rings (SSSR count). The number of ether oxygens (including phenoxy) is 2. The first-order valence-electron chi connectivity index (χ1n) is 22.0. The number of unbranched alkanes of at least 4 members (excludes halogenated alkanes) is 23. The maximum atomic E-state index is 12.6. The van der Waals surface area contributed by atoms with Crippen molar-refractivity contribution in [2.24, 2.45) is 5.73 Å². The first-order chi connectivity index (χ1) is 25.9. The standard InChI is InChI=1S/C44H84NO7P/c1-3-5-7-9-11-13-15-17-19-21-22-24-26-28-30-32-34-36-39-49-41-43(42-51-53(47,48)50-40-38-45)52-44(46)37-35-33-31-29-27-25-23-20-18-16-14-12-10-8-6-4-2/h14,16-17,19-20,23,43H,3-13,15,18,21-22,24-42,45H2,1-2H3,(H,47,48)/b16-14-,19-17-,23-20-. The quantitative estimate of drug-likeness (QED) is 0.0273. The van der Waals surface area contributed by atoms with Crippen LogP contribution in [0.5, 0.6) is 0 Å². The van der Waals surface area contributed by atoms with Crippen molar-refractivity contribution in [3.8, 4) is 0 Å². The van der Waals surface area contributed by atoms with E-state index in [1.54, 1.807) is 0 Å². The highest BCUT2D eigenvalue weighted by atomic mass is 31.2. The summed E-state index contributed by atoms with van der Waals surface area (Å²) in [5, 5.41) is 0. The molecule has 0 radical (unpaired) electrons. The molecule has 312 valence electrons. The van der Waals surface area contributed by atoms with E-state index in [0.717, 1.165) is 57.8 Å². The van der Waals surface area contributed by atoms with Crippen LogP contribution in [0.4, 0.5) is 0 Å². The Labute approximate surface area is 327 Å². The van der Waals surface area contributed by atoms with Crippen molar-refractivity contribution < 1.29 is 32.8 Å². The highest BCUT2D eigenvalue weighted by Crippen LogP contribution is 2.43. The van der Waals surface area contributed by atoms with Crippen LogP contribution in [0, 0.1) is 0 Å². The molecule has 0 aromatic carbocycles. The number of nitrogens with two attached hydrogens (primary N) is 1. The molecule has 0 fully saturated rings. The lowest BCUT2D eigenvalue weighted by molar-refractivity contribution is -0.154. The maximum absolute atomic E-state index is 12.6. The molecule has 9 heteroatoms. The first-order valence-corrected chi connectivity index (χ1v) is 23.5. The van der Waals surface area contributed by atoms with E-state index in [0.29, 0.717) is 13.0 Å². The summed E-state index contributed by atoms with van der Waals surface area (Å²) in [6.45, 7) is 4.89. The number of allylic oxidation sites excluding steroid dienone is 6. The summed E-state index contributed by atoms with van der Waals surface area (Å²) in [7, 11) is -4.28. The van der Waals surface area contributed by atoms with Gasteiger partial charge in [-0.15, -0.1) is 0 Å². The lowest BCUT2D eigenvalue weighted by atomic mass is 10.1. The minimum absolute atomic E-state index is 0.0973. The van der Waals surface area contributed by atoms with Crippen molar-refractivity contribution in [1.82, 2.24) is 0 Å². The van der Waals surface area contributed by atoms with Gasteiger partial charge in [0.2, 0.25) is 0 Å². The van der Waals surface area contributed by atoms with Gasteiger partial charge in [-0.25, -0.2) is 4.57 Å². The molecule has 0 bridgehead atoms. The maximum Gasteiger partial charge on any atom is 0.472 e. The molecular weight excluding hydrogens is 685 g/mol. The smallest absolute Gasteiger partial charge is 0.457 e. The topological polar surface area (TPSA) is 117 Å². The van der Waals surface area contributed by atoms with E-state index in [4.69, 9.17) is 24.3 Å². The van der Waals surface area contributed by atoms with E-state index >= 15 is 0 Å². The van der Waals surface area contributed by atoms with Crippen molar-refractivity contribution in [3.63, 3.8) is 0 Å². The van der Waals surface area contributed by atoms with Crippen LogP contribution >= 0.6 is 7.82 Å². The van der Waals surface area contributed by atoms with Crippen molar-refractivity contribution in [2.45, 2.75) is 206 Å². The Morgan fingerprint density at radius 1 is 0.566 bits per heavy atom. The van der Waals surface area contributed by atoms with Crippen LogP contribution in [0.25, 0.3) is 0 Å². The summed E-state index contributed by atoms with van der Waals surface area (Å²) in [6, 6.07) is 0. The molecule has 0 aliphatic rings. The van der Waals surface area contributed by atoms with Gasteiger partial charge in [0, 0.05) is 19.6 Å². The van der Waals surface area contributed by atoms with Crippen LogP contribution < -0.4 is 5.73 Å². The molecule has 0 saturated carbocycles. The lowest BCUT2D eigenvalue weighted by Crippen LogP contribution is -2.28. The Morgan fingerprint density at radius 3 is 1.51 bits per heavy atom. The van der Waals surface area contributed by atoms with E-state index in [-0.39, 0.29) is 32.3 Å². The number of carbonyl (C=O) groups is 1. The molecule has 0 aliphatic carbocycles. The van der Waals surface area contributed by atoms with Crippen LogP contribution in [0.1, 0.15) is 200 Å². The Kier molecular flexibility index (Phi) is 40.9. The van der Waals surface area contributed by atoms with Gasteiger partial charge in [0.15, 0.2) is 0 Å². The Bertz CT molecular complexity index is 910. The summed E-state index contributed by atoms with van der Waals surface area (Å²) >= 11 is 0. The van der Waals surface area contributed by atoms with E-state index in [2.05, 4.69) is 50.3 Å². The van der Waals surface area contributed by atoms with Crippen molar-refractivity contribution in [1.29, 1.82) is 0 Å². The number of phosphoric acid groups is 1. The van der Waals surface area contributed by atoms with Gasteiger partial charge in [0.1, 0.15) is 6.10 Å². The zero-order chi connectivity index (χ0) is 38.8. The first kappa shape index (κ1) is 51.7. The molecule has 0 aromatic rings. The second-order valence-corrected chi connectivity index (χ2v) is 16.0. The number of carbonyl (C=O) groups excluding carboxylic acids is 1. The Morgan fingerprint density at radius 2 is 1.00 bits per heavy atom. The van der Waals surface area contributed by atoms with E-state index in [1.807, 2.05) is 0 Å². The third-order valence-corrected chi connectivity index (χ3v) is 10.3. The number of rotatable bonds is 42. The third-order valence-electron chi connectivity index (χ3n) is 9.28. The summed E-state index contributed by atoms with van der Waals surface area (Å²) in [5.41, 5.74) is 5.37. The molecule has 2 unspecified atom stereocenters. The lowest BCUT2D eigenvalue weighted by Gasteiger charge is -2.20. The van der Waals surface area contributed by atoms with Gasteiger partial charge in [-0.1, -0.05) is 159 Å². The molecule has 3 N–H and O–H groups in total. The van der Waals surface area contributed by atoms with Gasteiger partial charge in [-0.05, 0) is 70.6 Å². The summed E-state index contributed by atoms with van der Waals surface area (Å²) in [6.07, 6.45) is 47.3. The number of hydrogen-bond acceptors (Lipinski definition) is 7. The van der Waals surface area contributed by atoms with Crippen molar-refractivity contribution >= 4 is 13.8 Å². The predicted octanol–water partition coefficient (Wildman–Crippen LogP) is 13.0. The minimum Gasteiger partial charge on any atom is -0.457 e. The molecule has 53 heavy (non-hydrogen) atoms. The molecule has 0 saturated heterocycles. The number of phosphoric ester groups is 1. The second-order valence-electron chi connectivity index (χ2n) is 14.6. The fraction of sp³-hybridized carbons (Fsp3) is 0.841. The average Bonchev–Trinajstić information content (AvgIpc) is 3.15. The summed E-state index contributed by atoms with van der Waals surface area (Å²) < 4.78 is 33.4. The zero-order valence-electron chi connectivity index (χ0n) is 34.5. The normalized spacial score (nSPS) is 13.8. The summed E-state index contributed by atoms with van der Waals surface area (Å²) in [4.78, 5) is 22.5. The minimum atomic E-state index is -4.28. The zero-order valence-corrected chi connectivity index (χ0v) is 35.4. The fourth-order valence-corrected chi connectivity index (χ4v) is 6.79.